The monoisotopic (exact) mass is 391 g/mol. The Morgan fingerprint density at radius 1 is 1.04 bits per heavy atom. The van der Waals surface area contributed by atoms with Crippen LogP contribution >= 0.6 is 0 Å². The number of nitrogens with two attached hydrogens (primary N) is 2. The Morgan fingerprint density at radius 2 is 1.63 bits per heavy atom. The Hall–Kier alpha value is -1.93. The number of sulfonamides is 1. The summed E-state index contributed by atoms with van der Waals surface area (Å²) in [6.45, 7) is 3.18. The number of nitrogens with one attached hydrogen (secondary N) is 1. The maximum Gasteiger partial charge on any atom is 0.240 e. The van der Waals surface area contributed by atoms with Crippen LogP contribution in [0.1, 0.15) is 32.3 Å². The SMILES string of the molecule is CC(C)(O)C(CC[C@H](N)Cc1ccccc1)NS(=O)(=O)c1ccc(N)cc1. The first-order valence-corrected chi connectivity index (χ1v) is 10.5. The average Bonchev–Trinajstić information content (AvgIpc) is 2.59. The number of anilines is 1. The number of nitrogen functional groups attached to an aromatic ring is 1. The molecule has 27 heavy (non-hydrogen) atoms. The second-order valence-corrected chi connectivity index (χ2v) is 9.14. The molecule has 2 aromatic rings. The Bertz CT molecular complexity index is 816. The lowest BCUT2D eigenvalue weighted by atomic mass is 9.92. The summed E-state index contributed by atoms with van der Waals surface area (Å²) in [5, 5.41) is 10.4. The summed E-state index contributed by atoms with van der Waals surface area (Å²) < 4.78 is 27.9. The van der Waals surface area contributed by atoms with Crippen molar-refractivity contribution in [1.29, 1.82) is 0 Å². The molecule has 2 rings (SSSR count). The zero-order valence-corrected chi connectivity index (χ0v) is 16.6. The van der Waals surface area contributed by atoms with Gasteiger partial charge < -0.3 is 16.6 Å². The molecule has 6 nitrogen and oxygen atoms in total. The van der Waals surface area contributed by atoms with E-state index in [1.807, 2.05) is 30.3 Å². The molecule has 2 aromatic carbocycles. The summed E-state index contributed by atoms with van der Waals surface area (Å²) in [5.41, 5.74) is 12.2. The highest BCUT2D eigenvalue weighted by Gasteiger charge is 2.31. The van der Waals surface area contributed by atoms with E-state index in [1.54, 1.807) is 13.8 Å². The molecule has 0 fully saturated rings. The smallest absolute Gasteiger partial charge is 0.240 e. The normalized spacial score (nSPS) is 14.7. The third kappa shape index (κ3) is 6.62. The summed E-state index contributed by atoms with van der Waals surface area (Å²) in [6.07, 6.45) is 1.70. The maximum atomic E-state index is 12.6. The van der Waals surface area contributed by atoms with E-state index in [2.05, 4.69) is 4.72 Å². The summed E-state index contributed by atoms with van der Waals surface area (Å²) >= 11 is 0. The number of rotatable bonds is 9. The van der Waals surface area contributed by atoms with Gasteiger partial charge in [0.1, 0.15) is 0 Å². The molecule has 0 saturated heterocycles. The summed E-state index contributed by atoms with van der Waals surface area (Å²) in [5.74, 6) is 0. The summed E-state index contributed by atoms with van der Waals surface area (Å²) in [4.78, 5) is 0.111. The van der Waals surface area contributed by atoms with Gasteiger partial charge in [0, 0.05) is 11.7 Å². The zero-order chi connectivity index (χ0) is 20.1. The molecule has 0 amide bonds. The first kappa shape index (κ1) is 21.4. The highest BCUT2D eigenvalue weighted by molar-refractivity contribution is 7.89. The molecule has 148 valence electrons. The predicted molar refractivity (Wildman–Crippen MR) is 109 cm³/mol. The minimum Gasteiger partial charge on any atom is -0.399 e. The van der Waals surface area contributed by atoms with Gasteiger partial charge in [-0.1, -0.05) is 30.3 Å². The van der Waals surface area contributed by atoms with Gasteiger partial charge in [0.2, 0.25) is 10.0 Å². The van der Waals surface area contributed by atoms with E-state index in [0.29, 0.717) is 24.9 Å². The molecule has 0 radical (unpaired) electrons. The molecular weight excluding hydrogens is 362 g/mol. The summed E-state index contributed by atoms with van der Waals surface area (Å²) in [7, 11) is -3.77. The van der Waals surface area contributed by atoms with E-state index >= 15 is 0 Å². The zero-order valence-electron chi connectivity index (χ0n) is 15.8. The van der Waals surface area contributed by atoms with Gasteiger partial charge in [0.05, 0.1) is 16.5 Å². The summed E-state index contributed by atoms with van der Waals surface area (Å²) in [6, 6.07) is 15.1. The number of benzene rings is 2. The second-order valence-electron chi connectivity index (χ2n) is 7.42. The highest BCUT2D eigenvalue weighted by Crippen LogP contribution is 2.20. The van der Waals surface area contributed by atoms with Crippen LogP contribution in [-0.4, -0.2) is 31.2 Å². The van der Waals surface area contributed by atoms with Crippen LogP contribution in [0.3, 0.4) is 0 Å². The molecule has 0 heterocycles. The molecule has 0 aromatic heterocycles. The lowest BCUT2D eigenvalue weighted by Crippen LogP contribution is -2.49. The van der Waals surface area contributed by atoms with Gasteiger partial charge in [0.25, 0.3) is 0 Å². The molecular formula is C20H29N3O3S. The molecule has 0 aliphatic heterocycles. The molecule has 0 saturated carbocycles. The van der Waals surface area contributed by atoms with Gasteiger partial charge >= 0.3 is 0 Å². The van der Waals surface area contributed by atoms with Crippen molar-refractivity contribution in [3.8, 4) is 0 Å². The molecule has 2 atom stereocenters. The van der Waals surface area contributed by atoms with Crippen molar-refractivity contribution in [2.75, 3.05) is 5.73 Å². The third-order valence-corrected chi connectivity index (χ3v) is 6.00. The van der Waals surface area contributed by atoms with Gasteiger partial charge in [-0.25, -0.2) is 13.1 Å². The van der Waals surface area contributed by atoms with Crippen LogP contribution in [0, 0.1) is 0 Å². The predicted octanol–water partition coefficient (Wildman–Crippen LogP) is 2.04. The molecule has 6 N–H and O–H groups in total. The highest BCUT2D eigenvalue weighted by atomic mass is 32.2. The van der Waals surface area contributed by atoms with E-state index in [4.69, 9.17) is 11.5 Å². The van der Waals surface area contributed by atoms with Crippen molar-refractivity contribution >= 4 is 15.7 Å². The van der Waals surface area contributed by atoms with Gasteiger partial charge in [-0.3, -0.25) is 0 Å². The van der Waals surface area contributed by atoms with Crippen molar-refractivity contribution in [3.05, 3.63) is 60.2 Å². The van der Waals surface area contributed by atoms with Crippen LogP contribution in [0.15, 0.2) is 59.5 Å². The van der Waals surface area contributed by atoms with Gasteiger partial charge in [-0.05, 0) is 62.9 Å². The Kier molecular flexibility index (Phi) is 7.00. The van der Waals surface area contributed by atoms with E-state index in [9.17, 15) is 13.5 Å². The van der Waals surface area contributed by atoms with Crippen molar-refractivity contribution < 1.29 is 13.5 Å². The van der Waals surface area contributed by atoms with E-state index in [1.165, 1.54) is 24.3 Å². The lowest BCUT2D eigenvalue weighted by Gasteiger charge is -2.31. The van der Waals surface area contributed by atoms with Crippen LogP contribution in [0.4, 0.5) is 5.69 Å². The fourth-order valence-corrected chi connectivity index (χ4v) is 4.27. The minimum absolute atomic E-state index is 0.111. The molecule has 0 spiro atoms. The molecule has 1 unspecified atom stereocenters. The van der Waals surface area contributed by atoms with Crippen LogP contribution in [0.5, 0.6) is 0 Å². The topological polar surface area (TPSA) is 118 Å². The largest absolute Gasteiger partial charge is 0.399 e. The molecule has 0 bridgehead atoms. The minimum atomic E-state index is -3.77. The second kappa shape index (κ2) is 8.84. The first-order chi connectivity index (χ1) is 12.6. The van der Waals surface area contributed by atoms with Crippen LogP contribution in [0.2, 0.25) is 0 Å². The first-order valence-electron chi connectivity index (χ1n) is 8.97. The fourth-order valence-electron chi connectivity index (χ4n) is 2.86. The van der Waals surface area contributed by atoms with Crippen molar-refractivity contribution in [3.63, 3.8) is 0 Å². The van der Waals surface area contributed by atoms with Crippen molar-refractivity contribution in [1.82, 2.24) is 4.72 Å². The van der Waals surface area contributed by atoms with E-state index in [-0.39, 0.29) is 10.9 Å². The quantitative estimate of drug-likeness (QED) is 0.488. The maximum absolute atomic E-state index is 12.6. The van der Waals surface area contributed by atoms with Crippen LogP contribution < -0.4 is 16.2 Å². The number of hydrogen-bond acceptors (Lipinski definition) is 5. The third-order valence-electron chi connectivity index (χ3n) is 4.51. The standard InChI is InChI=1S/C20H29N3O3S/c1-20(2,24)19(13-10-17(22)14-15-6-4-3-5-7-15)23-27(25,26)18-11-8-16(21)9-12-18/h3-9,11-12,17,19,23-24H,10,13-14,21-22H2,1-2H3/t17-,19?/m0/s1. The Labute approximate surface area is 161 Å². The molecule has 7 heteroatoms. The number of hydrogen-bond donors (Lipinski definition) is 4. The average molecular weight is 392 g/mol. The van der Waals surface area contributed by atoms with Gasteiger partial charge in [-0.2, -0.15) is 0 Å². The van der Waals surface area contributed by atoms with Gasteiger partial charge in [0.15, 0.2) is 0 Å². The molecule has 0 aliphatic carbocycles. The Morgan fingerprint density at radius 3 is 2.19 bits per heavy atom. The van der Waals surface area contributed by atoms with Crippen molar-refractivity contribution in [2.45, 2.75) is 55.7 Å². The lowest BCUT2D eigenvalue weighted by molar-refractivity contribution is 0.0416. The number of aliphatic hydroxyl groups is 1. The fraction of sp³-hybridized carbons (Fsp3) is 0.400. The van der Waals surface area contributed by atoms with Crippen LogP contribution in [-0.2, 0) is 16.4 Å². The Balaban J connectivity index is 2.03. The molecule has 0 aliphatic rings. The van der Waals surface area contributed by atoms with Gasteiger partial charge in [-0.15, -0.1) is 0 Å². The van der Waals surface area contributed by atoms with E-state index in [0.717, 1.165) is 5.56 Å². The van der Waals surface area contributed by atoms with E-state index < -0.39 is 21.7 Å². The van der Waals surface area contributed by atoms with Crippen molar-refractivity contribution in [2.24, 2.45) is 5.73 Å². The van der Waals surface area contributed by atoms with Crippen LogP contribution in [0.25, 0.3) is 0 Å².